The topological polar surface area (TPSA) is 41.1 Å². The smallest absolute Gasteiger partial charge is 0.221 e. The quantitative estimate of drug-likeness (QED) is 0.459. The van der Waals surface area contributed by atoms with Gasteiger partial charge in [-0.25, -0.2) is 0 Å². The summed E-state index contributed by atoms with van der Waals surface area (Å²) >= 11 is 0. The summed E-state index contributed by atoms with van der Waals surface area (Å²) in [6, 6.07) is 0. The zero-order valence-electron chi connectivity index (χ0n) is 8.60. The summed E-state index contributed by atoms with van der Waals surface area (Å²) in [5.74, 6) is 0.134. The van der Waals surface area contributed by atoms with Gasteiger partial charge in [0, 0.05) is 26.1 Å². The minimum absolute atomic E-state index is 0.134. The van der Waals surface area contributed by atoms with Crippen molar-refractivity contribution in [2.24, 2.45) is 0 Å². The molecule has 0 unspecified atom stereocenters. The summed E-state index contributed by atoms with van der Waals surface area (Å²) in [5, 5.41) is 5.97. The van der Waals surface area contributed by atoms with E-state index in [1.807, 2.05) is 26.0 Å². The Bertz CT molecular complexity index is 155. The Morgan fingerprint density at radius 2 is 2.15 bits per heavy atom. The number of hydrogen-bond acceptors (Lipinski definition) is 2. The van der Waals surface area contributed by atoms with Crippen LogP contribution >= 0.6 is 0 Å². The second-order valence-corrected chi connectivity index (χ2v) is 2.87. The normalized spacial score (nSPS) is 10.6. The molecule has 13 heavy (non-hydrogen) atoms. The lowest BCUT2D eigenvalue weighted by Gasteiger charge is -2.03. The highest BCUT2D eigenvalue weighted by Crippen LogP contribution is 1.79. The molecule has 3 nitrogen and oxygen atoms in total. The fraction of sp³-hybridized carbons (Fsp3) is 0.700. The fourth-order valence-electron chi connectivity index (χ4n) is 0.858. The van der Waals surface area contributed by atoms with Crippen molar-refractivity contribution < 1.29 is 4.79 Å². The first-order chi connectivity index (χ1) is 6.31. The second kappa shape index (κ2) is 9.26. The van der Waals surface area contributed by atoms with Crippen LogP contribution in [0.2, 0.25) is 0 Å². The third kappa shape index (κ3) is 9.08. The average molecular weight is 184 g/mol. The van der Waals surface area contributed by atoms with Gasteiger partial charge in [-0.15, -0.1) is 0 Å². The van der Waals surface area contributed by atoms with Gasteiger partial charge in [0.2, 0.25) is 5.91 Å². The number of carbonyl (C=O) groups is 1. The molecule has 0 spiro atoms. The van der Waals surface area contributed by atoms with Gasteiger partial charge in [-0.2, -0.15) is 0 Å². The van der Waals surface area contributed by atoms with Crippen LogP contribution in [0, 0.1) is 0 Å². The maximum atomic E-state index is 11.1. The predicted octanol–water partition coefficient (Wildman–Crippen LogP) is 1.07. The summed E-state index contributed by atoms with van der Waals surface area (Å²) in [6.45, 7) is 6.41. The zero-order valence-corrected chi connectivity index (χ0v) is 8.60. The third-order valence-electron chi connectivity index (χ3n) is 1.60. The van der Waals surface area contributed by atoms with E-state index in [4.69, 9.17) is 0 Å². The van der Waals surface area contributed by atoms with E-state index in [0.29, 0.717) is 6.42 Å². The van der Waals surface area contributed by atoms with Crippen molar-refractivity contribution in [3.8, 4) is 0 Å². The molecule has 0 fully saturated rings. The molecule has 0 saturated heterocycles. The summed E-state index contributed by atoms with van der Waals surface area (Å²) in [7, 11) is 0. The van der Waals surface area contributed by atoms with Crippen LogP contribution in [-0.4, -0.2) is 25.5 Å². The first-order valence-electron chi connectivity index (χ1n) is 4.89. The largest absolute Gasteiger partial charge is 0.356 e. The molecular weight excluding hydrogens is 164 g/mol. The van der Waals surface area contributed by atoms with Crippen molar-refractivity contribution in [1.29, 1.82) is 0 Å². The monoisotopic (exact) mass is 184 g/mol. The number of nitrogens with one attached hydrogen (secondary N) is 2. The first kappa shape index (κ1) is 12.2. The molecule has 0 atom stereocenters. The third-order valence-corrected chi connectivity index (χ3v) is 1.60. The van der Waals surface area contributed by atoms with Crippen molar-refractivity contribution in [2.45, 2.75) is 26.7 Å². The van der Waals surface area contributed by atoms with Gasteiger partial charge in [0.25, 0.3) is 0 Å². The van der Waals surface area contributed by atoms with Crippen LogP contribution < -0.4 is 10.6 Å². The highest BCUT2D eigenvalue weighted by molar-refractivity contribution is 5.75. The van der Waals surface area contributed by atoms with Crippen molar-refractivity contribution in [1.82, 2.24) is 10.6 Å². The van der Waals surface area contributed by atoms with Crippen LogP contribution in [0.25, 0.3) is 0 Å². The molecule has 0 aliphatic rings. The second-order valence-electron chi connectivity index (χ2n) is 2.87. The summed E-state index contributed by atoms with van der Waals surface area (Å²) in [6.07, 6.45) is 5.59. The maximum absolute atomic E-state index is 11.1. The molecule has 0 aromatic rings. The summed E-state index contributed by atoms with van der Waals surface area (Å²) in [4.78, 5) is 11.1. The van der Waals surface area contributed by atoms with E-state index in [2.05, 4.69) is 10.6 Å². The summed E-state index contributed by atoms with van der Waals surface area (Å²) < 4.78 is 0. The summed E-state index contributed by atoms with van der Waals surface area (Å²) in [5.41, 5.74) is 0. The van der Waals surface area contributed by atoms with E-state index in [1.54, 1.807) is 0 Å². The number of allylic oxidation sites excluding steroid dienone is 1. The van der Waals surface area contributed by atoms with Crippen LogP contribution in [0.1, 0.15) is 26.7 Å². The molecule has 2 N–H and O–H groups in total. The highest BCUT2D eigenvalue weighted by Gasteiger charge is 1.97. The molecule has 0 aliphatic carbocycles. The van der Waals surface area contributed by atoms with Gasteiger partial charge in [0.1, 0.15) is 0 Å². The maximum Gasteiger partial charge on any atom is 0.221 e. The fourth-order valence-corrected chi connectivity index (χ4v) is 0.858. The van der Waals surface area contributed by atoms with E-state index in [1.165, 1.54) is 0 Å². The molecule has 0 rings (SSSR count). The van der Waals surface area contributed by atoms with E-state index in [9.17, 15) is 4.79 Å². The van der Waals surface area contributed by atoms with Gasteiger partial charge in [-0.3, -0.25) is 4.79 Å². The van der Waals surface area contributed by atoms with Crippen LogP contribution in [0.3, 0.4) is 0 Å². The molecule has 0 saturated carbocycles. The molecule has 0 radical (unpaired) electrons. The average Bonchev–Trinajstić information content (AvgIpc) is 2.14. The van der Waals surface area contributed by atoms with E-state index >= 15 is 0 Å². The number of rotatable bonds is 7. The predicted molar refractivity (Wildman–Crippen MR) is 55.6 cm³/mol. The number of hydrogen-bond donors (Lipinski definition) is 2. The Labute approximate surface area is 80.6 Å². The van der Waals surface area contributed by atoms with Crippen LogP contribution in [0.5, 0.6) is 0 Å². The molecular formula is C10H20N2O. The molecule has 76 valence electrons. The lowest BCUT2D eigenvalue weighted by molar-refractivity contribution is -0.120. The standard InChI is InChI=1S/C10H20N2O/c1-3-5-8-11-9-6-10(13)12-7-4-2/h3,5,11H,4,6-9H2,1-2H3,(H,12,13)/b5-3+. The highest BCUT2D eigenvalue weighted by atomic mass is 16.1. The molecule has 1 amide bonds. The van der Waals surface area contributed by atoms with E-state index in [0.717, 1.165) is 26.1 Å². The van der Waals surface area contributed by atoms with E-state index < -0.39 is 0 Å². The van der Waals surface area contributed by atoms with Crippen molar-refractivity contribution in [2.75, 3.05) is 19.6 Å². The van der Waals surface area contributed by atoms with Gasteiger partial charge in [-0.1, -0.05) is 19.1 Å². The van der Waals surface area contributed by atoms with Gasteiger partial charge < -0.3 is 10.6 Å². The van der Waals surface area contributed by atoms with Gasteiger partial charge >= 0.3 is 0 Å². The molecule has 0 aromatic heterocycles. The Morgan fingerprint density at radius 1 is 1.38 bits per heavy atom. The van der Waals surface area contributed by atoms with Crippen LogP contribution in [0.15, 0.2) is 12.2 Å². The van der Waals surface area contributed by atoms with Crippen LogP contribution in [0.4, 0.5) is 0 Å². The van der Waals surface area contributed by atoms with E-state index in [-0.39, 0.29) is 5.91 Å². The lowest BCUT2D eigenvalue weighted by Crippen LogP contribution is -2.28. The van der Waals surface area contributed by atoms with Crippen LogP contribution in [-0.2, 0) is 4.79 Å². The molecule has 0 aliphatic heterocycles. The van der Waals surface area contributed by atoms with Crippen molar-refractivity contribution in [3.63, 3.8) is 0 Å². The van der Waals surface area contributed by atoms with Gasteiger partial charge in [0.05, 0.1) is 0 Å². The Balaban J connectivity index is 3.17. The molecule has 0 bridgehead atoms. The number of amides is 1. The van der Waals surface area contributed by atoms with Gasteiger partial charge in [-0.05, 0) is 13.3 Å². The Hall–Kier alpha value is -0.830. The first-order valence-corrected chi connectivity index (χ1v) is 4.89. The van der Waals surface area contributed by atoms with Gasteiger partial charge in [0.15, 0.2) is 0 Å². The van der Waals surface area contributed by atoms with Crippen molar-refractivity contribution in [3.05, 3.63) is 12.2 Å². The molecule has 0 heterocycles. The Kier molecular flexibility index (Phi) is 8.67. The minimum atomic E-state index is 0.134. The lowest BCUT2D eigenvalue weighted by atomic mass is 10.3. The molecule has 3 heteroatoms. The van der Waals surface area contributed by atoms with Crippen molar-refractivity contribution >= 4 is 5.91 Å². The minimum Gasteiger partial charge on any atom is -0.356 e. The Morgan fingerprint density at radius 3 is 2.77 bits per heavy atom. The SMILES string of the molecule is C/C=C/CNCCC(=O)NCCC. The number of carbonyl (C=O) groups excluding carboxylic acids is 1. The molecule has 0 aromatic carbocycles. The zero-order chi connectivity index (χ0) is 9.94.